The maximum absolute atomic E-state index is 13.2. The van der Waals surface area contributed by atoms with Gasteiger partial charge in [0.15, 0.2) is 11.6 Å². The monoisotopic (exact) mass is 390 g/mol. The van der Waals surface area contributed by atoms with Gasteiger partial charge in [-0.05, 0) is 35.4 Å². The van der Waals surface area contributed by atoms with Gasteiger partial charge in [0.05, 0.1) is 11.9 Å². The van der Waals surface area contributed by atoms with Crippen LogP contribution in [0.25, 0.3) is 0 Å². The van der Waals surface area contributed by atoms with E-state index in [0.717, 1.165) is 21.9 Å². The molecule has 1 nitrogen and oxygen atoms in total. The number of alkyl halides is 1. The van der Waals surface area contributed by atoms with Gasteiger partial charge in [-0.1, -0.05) is 44.0 Å². The first kappa shape index (κ1) is 14.5. The van der Waals surface area contributed by atoms with Gasteiger partial charge in [-0.25, -0.2) is 8.78 Å². The van der Waals surface area contributed by atoms with Crippen molar-refractivity contribution in [1.29, 1.82) is 0 Å². The minimum atomic E-state index is -0.855. The van der Waals surface area contributed by atoms with Crippen LogP contribution >= 0.6 is 31.9 Å². The molecule has 19 heavy (non-hydrogen) atoms. The summed E-state index contributed by atoms with van der Waals surface area (Å²) in [4.78, 5) is -0.233. The summed E-state index contributed by atoms with van der Waals surface area (Å²) in [5, 5.41) is 0. The van der Waals surface area contributed by atoms with Crippen LogP contribution < -0.4 is 4.74 Å². The Morgan fingerprint density at radius 1 is 1.05 bits per heavy atom. The van der Waals surface area contributed by atoms with E-state index in [-0.39, 0.29) is 4.83 Å². The molecule has 0 aliphatic rings. The van der Waals surface area contributed by atoms with Gasteiger partial charge in [-0.15, -0.1) is 0 Å². The summed E-state index contributed by atoms with van der Waals surface area (Å²) in [5.74, 6) is -0.982. The van der Waals surface area contributed by atoms with Gasteiger partial charge in [0.2, 0.25) is 0 Å². The molecule has 1 unspecified atom stereocenters. The average Bonchev–Trinajstić information content (AvgIpc) is 2.41. The summed E-state index contributed by atoms with van der Waals surface area (Å²) < 4.78 is 32.1. The first-order valence-electron chi connectivity index (χ1n) is 5.45. The van der Waals surface area contributed by atoms with E-state index in [9.17, 15) is 8.78 Å². The zero-order valence-corrected chi connectivity index (χ0v) is 13.1. The van der Waals surface area contributed by atoms with Crippen molar-refractivity contribution in [3.63, 3.8) is 0 Å². The van der Waals surface area contributed by atoms with Crippen LogP contribution in [0.5, 0.6) is 5.75 Å². The lowest BCUT2D eigenvalue weighted by molar-refractivity contribution is 0.414. The SMILES string of the molecule is COc1ccc(C(Br)c2ccc(F)c(F)c2)c(Br)c1. The minimum absolute atomic E-state index is 0.233. The first-order chi connectivity index (χ1) is 9.02. The number of halogens is 4. The highest BCUT2D eigenvalue weighted by molar-refractivity contribution is 9.11. The zero-order valence-electron chi connectivity index (χ0n) is 9.96. The van der Waals surface area contributed by atoms with Gasteiger partial charge in [-0.2, -0.15) is 0 Å². The summed E-state index contributed by atoms with van der Waals surface area (Å²) in [7, 11) is 1.59. The second-order valence-electron chi connectivity index (χ2n) is 3.92. The predicted octanol–water partition coefficient (Wildman–Crippen LogP) is 5.22. The van der Waals surface area contributed by atoms with Crippen LogP contribution in [0.1, 0.15) is 16.0 Å². The first-order valence-corrected chi connectivity index (χ1v) is 7.16. The van der Waals surface area contributed by atoms with E-state index in [1.807, 2.05) is 18.2 Å². The normalized spacial score (nSPS) is 12.3. The molecule has 0 N–H and O–H groups in total. The summed E-state index contributed by atoms with van der Waals surface area (Å²) in [6.45, 7) is 0. The molecule has 0 heterocycles. The second kappa shape index (κ2) is 6.01. The molecule has 0 saturated carbocycles. The van der Waals surface area contributed by atoms with Gasteiger partial charge in [0.25, 0.3) is 0 Å². The van der Waals surface area contributed by atoms with Crippen LogP contribution in [-0.4, -0.2) is 7.11 Å². The van der Waals surface area contributed by atoms with Gasteiger partial charge >= 0.3 is 0 Å². The van der Waals surface area contributed by atoms with Crippen LogP contribution in [0, 0.1) is 11.6 Å². The lowest BCUT2D eigenvalue weighted by Gasteiger charge is -2.14. The van der Waals surface area contributed by atoms with Gasteiger partial charge < -0.3 is 4.74 Å². The van der Waals surface area contributed by atoms with Crippen molar-refractivity contribution < 1.29 is 13.5 Å². The number of methoxy groups -OCH3 is 1. The highest BCUT2D eigenvalue weighted by Gasteiger charge is 2.16. The Labute approximate surface area is 126 Å². The number of hydrogen-bond acceptors (Lipinski definition) is 1. The van der Waals surface area contributed by atoms with Gasteiger partial charge in [0, 0.05) is 4.47 Å². The molecule has 1 atom stereocenters. The van der Waals surface area contributed by atoms with E-state index in [0.29, 0.717) is 5.56 Å². The number of ether oxygens (including phenoxy) is 1. The molecule has 0 saturated heterocycles. The number of benzene rings is 2. The van der Waals surface area contributed by atoms with Crippen molar-refractivity contribution in [2.75, 3.05) is 7.11 Å². The third-order valence-corrected chi connectivity index (χ3v) is 4.43. The fraction of sp³-hybridized carbons (Fsp3) is 0.143. The summed E-state index contributed by atoms with van der Waals surface area (Å²) in [6.07, 6.45) is 0. The highest BCUT2D eigenvalue weighted by Crippen LogP contribution is 2.37. The Morgan fingerprint density at radius 2 is 1.79 bits per heavy atom. The number of hydrogen-bond donors (Lipinski definition) is 0. The molecule has 0 amide bonds. The molecule has 2 aromatic carbocycles. The molecule has 5 heteroatoms. The predicted molar refractivity (Wildman–Crippen MR) is 77.8 cm³/mol. The van der Waals surface area contributed by atoms with Crippen molar-refractivity contribution in [1.82, 2.24) is 0 Å². The molecule has 0 aliphatic carbocycles. The highest BCUT2D eigenvalue weighted by atomic mass is 79.9. The van der Waals surface area contributed by atoms with E-state index >= 15 is 0 Å². The van der Waals surface area contributed by atoms with Crippen LogP contribution in [0.4, 0.5) is 8.78 Å². The fourth-order valence-corrected chi connectivity index (χ4v) is 3.27. The summed E-state index contributed by atoms with van der Waals surface area (Å²) in [6, 6.07) is 9.36. The Morgan fingerprint density at radius 3 is 2.37 bits per heavy atom. The molecular formula is C14H10Br2F2O. The van der Waals surface area contributed by atoms with Crippen LogP contribution in [0.15, 0.2) is 40.9 Å². The standard InChI is InChI=1S/C14H10Br2F2O/c1-19-9-3-4-10(11(15)7-9)14(16)8-2-5-12(17)13(18)6-8/h2-7,14H,1H3. The topological polar surface area (TPSA) is 9.23 Å². The largest absolute Gasteiger partial charge is 0.497 e. The summed E-state index contributed by atoms with van der Waals surface area (Å²) >= 11 is 6.93. The smallest absolute Gasteiger partial charge is 0.159 e. The van der Waals surface area contributed by atoms with Crippen molar-refractivity contribution in [2.24, 2.45) is 0 Å². The maximum atomic E-state index is 13.2. The van der Waals surface area contributed by atoms with Crippen molar-refractivity contribution in [3.8, 4) is 5.75 Å². The summed E-state index contributed by atoms with van der Waals surface area (Å²) in [5.41, 5.74) is 1.55. The molecule has 0 bridgehead atoms. The Balaban J connectivity index is 2.38. The average molecular weight is 392 g/mol. The Bertz CT molecular complexity index is 602. The van der Waals surface area contributed by atoms with E-state index in [1.54, 1.807) is 13.2 Å². The molecule has 100 valence electrons. The molecule has 0 radical (unpaired) electrons. The molecule has 0 fully saturated rings. The van der Waals surface area contributed by atoms with Crippen molar-refractivity contribution in [3.05, 3.63) is 63.6 Å². The molecule has 2 aromatic rings. The lowest BCUT2D eigenvalue weighted by atomic mass is 10.0. The van der Waals surface area contributed by atoms with E-state index in [4.69, 9.17) is 4.74 Å². The molecule has 0 spiro atoms. The van der Waals surface area contributed by atoms with E-state index in [2.05, 4.69) is 31.9 Å². The van der Waals surface area contributed by atoms with Crippen molar-refractivity contribution in [2.45, 2.75) is 4.83 Å². The molecule has 0 aromatic heterocycles. The second-order valence-corrected chi connectivity index (χ2v) is 5.69. The van der Waals surface area contributed by atoms with Crippen molar-refractivity contribution >= 4 is 31.9 Å². The maximum Gasteiger partial charge on any atom is 0.159 e. The Hall–Kier alpha value is -0.940. The quantitative estimate of drug-likeness (QED) is 0.651. The molecule has 0 aliphatic heterocycles. The van der Waals surface area contributed by atoms with E-state index < -0.39 is 11.6 Å². The number of rotatable bonds is 3. The molecular weight excluding hydrogens is 382 g/mol. The third-order valence-electron chi connectivity index (χ3n) is 2.72. The fourth-order valence-electron chi connectivity index (χ4n) is 1.69. The van der Waals surface area contributed by atoms with Crippen LogP contribution in [-0.2, 0) is 0 Å². The Kier molecular flexibility index (Phi) is 4.58. The van der Waals surface area contributed by atoms with Gasteiger partial charge in [-0.3, -0.25) is 0 Å². The van der Waals surface area contributed by atoms with E-state index in [1.165, 1.54) is 6.07 Å². The molecule has 2 rings (SSSR count). The van der Waals surface area contributed by atoms with Crippen LogP contribution in [0.2, 0.25) is 0 Å². The third kappa shape index (κ3) is 3.15. The zero-order chi connectivity index (χ0) is 14.0. The minimum Gasteiger partial charge on any atom is -0.497 e. The lowest BCUT2D eigenvalue weighted by Crippen LogP contribution is -1.97. The van der Waals surface area contributed by atoms with Gasteiger partial charge in [0.1, 0.15) is 5.75 Å². The van der Waals surface area contributed by atoms with Crippen LogP contribution in [0.3, 0.4) is 0 Å².